The van der Waals surface area contributed by atoms with Gasteiger partial charge < -0.3 is 4.74 Å². The third-order valence-corrected chi connectivity index (χ3v) is 3.55. The van der Waals surface area contributed by atoms with Crippen molar-refractivity contribution in [2.75, 3.05) is 12.9 Å². The van der Waals surface area contributed by atoms with Crippen LogP contribution in [0.15, 0.2) is 55.1 Å². The van der Waals surface area contributed by atoms with E-state index in [0.717, 1.165) is 17.4 Å². The molecule has 0 bridgehead atoms. The molecule has 0 radical (unpaired) electrons. The molecule has 0 fully saturated rings. The van der Waals surface area contributed by atoms with E-state index < -0.39 is 10.1 Å². The second-order valence-electron chi connectivity index (χ2n) is 5.01. The number of halogens is 1. The van der Waals surface area contributed by atoms with Crippen molar-refractivity contribution in [2.24, 2.45) is 0 Å². The van der Waals surface area contributed by atoms with Crippen molar-refractivity contribution in [3.8, 4) is 5.75 Å². The maximum Gasteiger partial charge on any atom is 0.264 e. The fourth-order valence-corrected chi connectivity index (χ4v) is 2.17. The van der Waals surface area contributed by atoms with Crippen LogP contribution in [0.2, 0.25) is 0 Å². The molecular formula is C17H17FO4S. The van der Waals surface area contributed by atoms with E-state index in [1.165, 1.54) is 12.1 Å². The summed E-state index contributed by atoms with van der Waals surface area (Å²) in [5, 5.41) is 0. The van der Waals surface area contributed by atoms with Crippen LogP contribution in [0.3, 0.4) is 0 Å². The molecule has 0 amide bonds. The number of ether oxygens (including phenoxy) is 1. The molecule has 4 nitrogen and oxygen atoms in total. The molecule has 0 heterocycles. The Morgan fingerprint density at radius 1 is 1.17 bits per heavy atom. The molecule has 0 aliphatic heterocycles. The molecule has 0 saturated heterocycles. The van der Waals surface area contributed by atoms with E-state index in [-0.39, 0.29) is 12.4 Å². The zero-order valence-corrected chi connectivity index (χ0v) is 13.5. The Morgan fingerprint density at radius 2 is 1.87 bits per heavy atom. The lowest BCUT2D eigenvalue weighted by atomic mass is 10.1. The van der Waals surface area contributed by atoms with Crippen LogP contribution < -0.4 is 4.74 Å². The van der Waals surface area contributed by atoms with Crippen LogP contribution in [0.4, 0.5) is 4.39 Å². The number of hydrogen-bond acceptors (Lipinski definition) is 4. The fraction of sp³-hybridized carbons (Fsp3) is 0.176. The molecule has 23 heavy (non-hydrogen) atoms. The van der Waals surface area contributed by atoms with E-state index in [9.17, 15) is 12.8 Å². The summed E-state index contributed by atoms with van der Waals surface area (Å²) in [4.78, 5) is 0. The molecule has 0 N–H and O–H groups in total. The average Bonchev–Trinajstić information content (AvgIpc) is 2.51. The van der Waals surface area contributed by atoms with Gasteiger partial charge in [-0.2, -0.15) is 8.42 Å². The van der Waals surface area contributed by atoms with Gasteiger partial charge in [-0.25, -0.2) is 4.39 Å². The van der Waals surface area contributed by atoms with Crippen molar-refractivity contribution in [3.63, 3.8) is 0 Å². The predicted octanol–water partition coefficient (Wildman–Crippen LogP) is 3.39. The molecule has 0 unspecified atom stereocenters. The normalized spacial score (nSPS) is 11.2. The van der Waals surface area contributed by atoms with Crippen molar-refractivity contribution in [1.29, 1.82) is 0 Å². The summed E-state index contributed by atoms with van der Waals surface area (Å²) in [5.74, 6) is 0.310. The third-order valence-electron chi connectivity index (χ3n) is 3.01. The third kappa shape index (κ3) is 5.84. The van der Waals surface area contributed by atoms with Crippen molar-refractivity contribution in [1.82, 2.24) is 0 Å². The summed E-state index contributed by atoms with van der Waals surface area (Å²) < 4.78 is 45.2. The van der Waals surface area contributed by atoms with Crippen LogP contribution in [0, 0.1) is 5.82 Å². The first-order chi connectivity index (χ1) is 10.8. The molecule has 2 aromatic rings. The SMILES string of the molecule is C=C(COS(C)(=O)=O)c1cccc(OCc2ccc(F)cc2)c1. The van der Waals surface area contributed by atoms with Crippen LogP contribution in [-0.2, 0) is 20.9 Å². The molecule has 0 saturated carbocycles. The van der Waals surface area contributed by atoms with Crippen molar-refractivity contribution >= 4 is 15.7 Å². The molecule has 0 aromatic heterocycles. The van der Waals surface area contributed by atoms with Gasteiger partial charge in [0, 0.05) is 0 Å². The van der Waals surface area contributed by atoms with Crippen molar-refractivity contribution in [2.45, 2.75) is 6.61 Å². The highest BCUT2D eigenvalue weighted by Crippen LogP contribution is 2.20. The standard InChI is InChI=1S/C17H17FO4S/c1-13(11-22-23(2,19)20)15-4-3-5-17(10-15)21-12-14-6-8-16(18)9-7-14/h3-10H,1,11-12H2,2H3. The second-order valence-corrected chi connectivity index (χ2v) is 6.66. The van der Waals surface area contributed by atoms with Gasteiger partial charge in [0.25, 0.3) is 10.1 Å². The Hall–Kier alpha value is -2.18. The molecule has 0 spiro atoms. The summed E-state index contributed by atoms with van der Waals surface area (Å²) in [7, 11) is -3.51. The van der Waals surface area contributed by atoms with E-state index in [1.807, 2.05) is 0 Å². The fourth-order valence-electron chi connectivity index (χ4n) is 1.81. The molecule has 2 rings (SSSR count). The Kier molecular flexibility index (Phi) is 5.52. The highest BCUT2D eigenvalue weighted by atomic mass is 32.2. The summed E-state index contributed by atoms with van der Waals surface area (Å²) in [6.07, 6.45) is 0.989. The lowest BCUT2D eigenvalue weighted by Gasteiger charge is -2.10. The monoisotopic (exact) mass is 336 g/mol. The van der Waals surface area contributed by atoms with E-state index in [2.05, 4.69) is 6.58 Å². The van der Waals surface area contributed by atoms with Crippen LogP contribution in [0.5, 0.6) is 5.75 Å². The van der Waals surface area contributed by atoms with Gasteiger partial charge in [0.2, 0.25) is 0 Å². The Labute approximate surface area is 135 Å². The first kappa shape index (κ1) is 17.2. The topological polar surface area (TPSA) is 52.6 Å². The summed E-state index contributed by atoms with van der Waals surface area (Å²) >= 11 is 0. The molecular weight excluding hydrogens is 319 g/mol. The minimum atomic E-state index is -3.51. The first-order valence-corrected chi connectivity index (χ1v) is 8.65. The molecule has 6 heteroatoms. The maximum atomic E-state index is 12.8. The van der Waals surface area contributed by atoms with E-state index in [1.54, 1.807) is 36.4 Å². The highest BCUT2D eigenvalue weighted by molar-refractivity contribution is 7.86. The first-order valence-electron chi connectivity index (χ1n) is 6.83. The van der Waals surface area contributed by atoms with Crippen molar-refractivity contribution in [3.05, 3.63) is 72.1 Å². The number of rotatable bonds is 7. The molecule has 2 aromatic carbocycles. The summed E-state index contributed by atoms with van der Waals surface area (Å²) in [5.41, 5.74) is 2.10. The Bertz CT molecular complexity index is 782. The van der Waals surface area contributed by atoms with Gasteiger partial charge in [-0.15, -0.1) is 0 Å². The smallest absolute Gasteiger partial charge is 0.264 e. The quantitative estimate of drug-likeness (QED) is 0.727. The summed E-state index contributed by atoms with van der Waals surface area (Å²) in [6, 6.07) is 13.1. The minimum absolute atomic E-state index is 0.111. The largest absolute Gasteiger partial charge is 0.489 e. The number of benzene rings is 2. The van der Waals surface area contributed by atoms with Gasteiger partial charge in [0.05, 0.1) is 12.9 Å². The van der Waals surface area contributed by atoms with Gasteiger partial charge in [0.15, 0.2) is 0 Å². The van der Waals surface area contributed by atoms with Gasteiger partial charge in [-0.05, 0) is 41.0 Å². The van der Waals surface area contributed by atoms with Gasteiger partial charge in [-0.3, -0.25) is 4.18 Å². The summed E-state index contributed by atoms with van der Waals surface area (Å²) in [6.45, 7) is 4.00. The van der Waals surface area contributed by atoms with Crippen LogP contribution in [0.1, 0.15) is 11.1 Å². The van der Waals surface area contributed by atoms with E-state index in [0.29, 0.717) is 17.9 Å². The Morgan fingerprint density at radius 3 is 2.52 bits per heavy atom. The van der Waals surface area contributed by atoms with Crippen LogP contribution >= 0.6 is 0 Å². The van der Waals surface area contributed by atoms with E-state index in [4.69, 9.17) is 8.92 Å². The second kappa shape index (κ2) is 7.39. The molecule has 122 valence electrons. The maximum absolute atomic E-state index is 12.8. The molecule has 0 aliphatic rings. The van der Waals surface area contributed by atoms with E-state index >= 15 is 0 Å². The van der Waals surface area contributed by atoms with Gasteiger partial charge in [-0.1, -0.05) is 30.8 Å². The molecule has 0 aliphatic carbocycles. The number of hydrogen-bond donors (Lipinski definition) is 0. The molecule has 0 atom stereocenters. The average molecular weight is 336 g/mol. The zero-order chi connectivity index (χ0) is 16.9. The van der Waals surface area contributed by atoms with Crippen LogP contribution in [-0.4, -0.2) is 21.3 Å². The lowest BCUT2D eigenvalue weighted by Crippen LogP contribution is -2.05. The van der Waals surface area contributed by atoms with Gasteiger partial charge >= 0.3 is 0 Å². The Balaban J connectivity index is 1.99. The lowest BCUT2D eigenvalue weighted by molar-refractivity contribution is 0.306. The van der Waals surface area contributed by atoms with Crippen LogP contribution in [0.25, 0.3) is 5.57 Å². The highest BCUT2D eigenvalue weighted by Gasteiger charge is 2.06. The van der Waals surface area contributed by atoms with Gasteiger partial charge in [0.1, 0.15) is 18.2 Å². The minimum Gasteiger partial charge on any atom is -0.489 e. The predicted molar refractivity (Wildman–Crippen MR) is 87.0 cm³/mol. The van der Waals surface area contributed by atoms with Crippen molar-refractivity contribution < 1.29 is 21.7 Å². The zero-order valence-electron chi connectivity index (χ0n) is 12.7.